The summed E-state index contributed by atoms with van der Waals surface area (Å²) in [4.78, 5) is 11.6. The second-order valence-corrected chi connectivity index (χ2v) is 4.80. The lowest BCUT2D eigenvalue weighted by atomic mass is 10.0. The second-order valence-electron chi connectivity index (χ2n) is 3.76. The fraction of sp³-hybridized carbons (Fsp3) is 0.500. The summed E-state index contributed by atoms with van der Waals surface area (Å²) in [7, 11) is 0. The lowest BCUT2D eigenvalue weighted by Crippen LogP contribution is -2.00. The topological polar surface area (TPSA) is 22.0 Å². The van der Waals surface area contributed by atoms with Crippen LogP contribution in [0.3, 0.4) is 0 Å². The van der Waals surface area contributed by atoms with Crippen molar-refractivity contribution in [2.24, 2.45) is 5.92 Å². The number of nitrogens with zero attached hydrogens (tertiary/aromatic N) is 1. The van der Waals surface area contributed by atoms with Crippen molar-refractivity contribution in [3.63, 3.8) is 0 Å². The first-order valence-electron chi connectivity index (χ1n) is 4.58. The lowest BCUT2D eigenvalue weighted by molar-refractivity contribution is 0.0979. The van der Waals surface area contributed by atoms with Gasteiger partial charge >= 0.3 is 0 Å². The van der Waals surface area contributed by atoms with Crippen LogP contribution in [0.2, 0.25) is 0 Å². The van der Waals surface area contributed by atoms with Crippen molar-refractivity contribution >= 4 is 28.6 Å². The molecular weight excluding hydrogens is 277 g/mol. The molecule has 1 unspecified atom stereocenters. The third kappa shape index (κ3) is 1.66. The zero-order valence-electron chi connectivity index (χ0n) is 7.59. The van der Waals surface area contributed by atoms with E-state index in [1.54, 1.807) is 0 Å². The summed E-state index contributed by atoms with van der Waals surface area (Å²) in [6, 6.07) is 1.95. The standard InChI is InChI=1S/C10H12INO/c1-7-2-3-10(13)8-4-5-12(11)9(8)6-7/h4-5,7H,2-3,6H2,1H3. The highest BCUT2D eigenvalue weighted by atomic mass is 127. The van der Waals surface area contributed by atoms with Crippen molar-refractivity contribution in [1.29, 1.82) is 0 Å². The van der Waals surface area contributed by atoms with Crippen molar-refractivity contribution in [1.82, 2.24) is 2.78 Å². The minimum Gasteiger partial charge on any atom is -0.294 e. The van der Waals surface area contributed by atoms with E-state index in [1.807, 2.05) is 15.0 Å². The van der Waals surface area contributed by atoms with E-state index in [9.17, 15) is 4.79 Å². The molecule has 1 aromatic heterocycles. The monoisotopic (exact) mass is 289 g/mol. The quantitative estimate of drug-likeness (QED) is 0.532. The van der Waals surface area contributed by atoms with Crippen LogP contribution in [0.1, 0.15) is 35.8 Å². The average molecular weight is 289 g/mol. The molecule has 1 atom stereocenters. The highest BCUT2D eigenvalue weighted by Crippen LogP contribution is 2.26. The summed E-state index contributed by atoms with van der Waals surface area (Å²) in [6.45, 7) is 2.21. The van der Waals surface area contributed by atoms with Gasteiger partial charge in [0.2, 0.25) is 0 Å². The summed E-state index contributed by atoms with van der Waals surface area (Å²) in [5, 5.41) is 0. The fourth-order valence-electron chi connectivity index (χ4n) is 1.84. The molecule has 0 radical (unpaired) electrons. The number of hydrogen-bond acceptors (Lipinski definition) is 1. The van der Waals surface area contributed by atoms with Gasteiger partial charge in [-0.2, -0.15) is 0 Å². The Morgan fingerprint density at radius 3 is 3.15 bits per heavy atom. The van der Waals surface area contributed by atoms with Crippen molar-refractivity contribution < 1.29 is 4.79 Å². The molecule has 13 heavy (non-hydrogen) atoms. The van der Waals surface area contributed by atoms with Crippen molar-refractivity contribution in [2.45, 2.75) is 26.2 Å². The number of ketones is 1. The average Bonchev–Trinajstić information content (AvgIpc) is 2.37. The highest BCUT2D eigenvalue weighted by molar-refractivity contribution is 14.1. The van der Waals surface area contributed by atoms with Crippen molar-refractivity contribution in [3.05, 3.63) is 23.5 Å². The lowest BCUT2D eigenvalue weighted by Gasteiger charge is -2.06. The van der Waals surface area contributed by atoms with Gasteiger partial charge in [0.05, 0.1) is 22.9 Å². The number of halogens is 1. The largest absolute Gasteiger partial charge is 0.294 e. The molecule has 0 amide bonds. The number of aromatic nitrogens is 1. The first kappa shape index (κ1) is 9.24. The van der Waals surface area contributed by atoms with Crippen LogP contribution < -0.4 is 0 Å². The van der Waals surface area contributed by atoms with Gasteiger partial charge in [-0.3, -0.25) is 7.58 Å². The Labute approximate surface area is 91.8 Å². The maximum absolute atomic E-state index is 11.6. The van der Waals surface area contributed by atoms with Crippen LogP contribution >= 0.6 is 22.9 Å². The van der Waals surface area contributed by atoms with Crippen LogP contribution in [-0.4, -0.2) is 8.56 Å². The summed E-state index contributed by atoms with van der Waals surface area (Å²) in [6.07, 6.45) is 4.76. The molecule has 70 valence electrons. The van der Waals surface area contributed by atoms with Gasteiger partial charge in [-0.1, -0.05) is 6.92 Å². The number of fused-ring (bicyclic) bond motifs is 1. The summed E-state index contributed by atoms with van der Waals surface area (Å²) < 4.78 is 2.05. The zero-order valence-corrected chi connectivity index (χ0v) is 9.74. The number of rotatable bonds is 0. The van der Waals surface area contributed by atoms with Crippen molar-refractivity contribution in [2.75, 3.05) is 0 Å². The molecule has 0 fully saturated rings. The Bertz CT molecular complexity index is 343. The minimum absolute atomic E-state index is 0.315. The molecule has 1 aliphatic carbocycles. The fourth-order valence-corrected chi connectivity index (χ4v) is 2.45. The molecule has 1 heterocycles. The Morgan fingerprint density at radius 1 is 1.62 bits per heavy atom. The molecule has 0 saturated carbocycles. The SMILES string of the molecule is CC1CCC(=O)c2ccn(I)c2C1. The molecule has 0 aliphatic heterocycles. The minimum atomic E-state index is 0.315. The number of Topliss-reactive ketones (excluding diaryl/α,β-unsaturated/α-hetero) is 1. The van der Waals surface area contributed by atoms with E-state index in [4.69, 9.17) is 0 Å². The predicted molar refractivity (Wildman–Crippen MR) is 60.3 cm³/mol. The molecule has 0 bridgehead atoms. The van der Waals surface area contributed by atoms with Gasteiger partial charge in [-0.25, -0.2) is 0 Å². The smallest absolute Gasteiger partial charge is 0.164 e. The first-order chi connectivity index (χ1) is 6.18. The maximum Gasteiger partial charge on any atom is 0.164 e. The van der Waals surface area contributed by atoms with Gasteiger partial charge in [0.25, 0.3) is 0 Å². The van der Waals surface area contributed by atoms with Crippen LogP contribution in [0, 0.1) is 5.92 Å². The van der Waals surface area contributed by atoms with Crippen LogP contribution in [0.15, 0.2) is 12.3 Å². The normalized spacial score (nSPS) is 22.6. The molecule has 0 N–H and O–H groups in total. The Kier molecular flexibility index (Phi) is 2.45. The number of carbonyl (C=O) groups excluding carboxylic acids is 1. The van der Waals surface area contributed by atoms with E-state index in [0.717, 1.165) is 24.8 Å². The van der Waals surface area contributed by atoms with E-state index in [-0.39, 0.29) is 0 Å². The Balaban J connectivity index is 2.45. The predicted octanol–water partition coefficient (Wildman–Crippen LogP) is 2.84. The second kappa shape index (κ2) is 3.44. The van der Waals surface area contributed by atoms with E-state index in [2.05, 4.69) is 29.8 Å². The number of carbonyl (C=O) groups is 1. The molecule has 3 heteroatoms. The molecule has 2 nitrogen and oxygen atoms in total. The van der Waals surface area contributed by atoms with E-state index in [1.165, 1.54) is 5.69 Å². The Morgan fingerprint density at radius 2 is 2.38 bits per heavy atom. The third-order valence-electron chi connectivity index (χ3n) is 2.65. The molecule has 1 aromatic rings. The van der Waals surface area contributed by atoms with Gasteiger partial charge in [-0.15, -0.1) is 0 Å². The van der Waals surface area contributed by atoms with Crippen LogP contribution in [0.4, 0.5) is 0 Å². The molecular formula is C10H12INO. The van der Waals surface area contributed by atoms with Crippen molar-refractivity contribution in [3.8, 4) is 0 Å². The Hall–Kier alpha value is -0.320. The van der Waals surface area contributed by atoms with Crippen LogP contribution in [0.5, 0.6) is 0 Å². The summed E-state index contributed by atoms with van der Waals surface area (Å²) in [5.41, 5.74) is 2.15. The van der Waals surface area contributed by atoms with Gasteiger partial charge in [-0.05, 0) is 24.8 Å². The van der Waals surface area contributed by atoms with E-state index in [0.29, 0.717) is 11.7 Å². The summed E-state index contributed by atoms with van der Waals surface area (Å²) >= 11 is 2.24. The number of hydrogen-bond donors (Lipinski definition) is 0. The highest BCUT2D eigenvalue weighted by Gasteiger charge is 2.21. The zero-order chi connectivity index (χ0) is 9.42. The molecule has 0 saturated heterocycles. The van der Waals surface area contributed by atoms with Gasteiger partial charge in [0.1, 0.15) is 0 Å². The van der Waals surface area contributed by atoms with Crippen LogP contribution in [0.25, 0.3) is 0 Å². The maximum atomic E-state index is 11.6. The molecule has 2 rings (SSSR count). The van der Waals surface area contributed by atoms with Crippen LogP contribution in [-0.2, 0) is 6.42 Å². The van der Waals surface area contributed by atoms with E-state index >= 15 is 0 Å². The van der Waals surface area contributed by atoms with Gasteiger partial charge in [0, 0.05) is 23.9 Å². The van der Waals surface area contributed by atoms with E-state index < -0.39 is 0 Å². The molecule has 1 aliphatic rings. The first-order valence-corrected chi connectivity index (χ1v) is 5.54. The van der Waals surface area contributed by atoms with Gasteiger partial charge < -0.3 is 0 Å². The third-order valence-corrected chi connectivity index (χ3v) is 3.55. The van der Waals surface area contributed by atoms with Gasteiger partial charge in [0.15, 0.2) is 5.78 Å². The molecule has 0 spiro atoms. The summed E-state index contributed by atoms with van der Waals surface area (Å²) in [5.74, 6) is 0.948. The molecule has 0 aromatic carbocycles.